The molecule has 1 heterocycles. The molecule has 4 nitrogen and oxygen atoms in total. The van der Waals surface area contributed by atoms with Crippen molar-refractivity contribution in [2.45, 2.75) is 13.8 Å². The van der Waals surface area contributed by atoms with E-state index in [1.54, 1.807) is 12.1 Å². The lowest BCUT2D eigenvalue weighted by Crippen LogP contribution is -1.97. The number of nitro groups is 1. The van der Waals surface area contributed by atoms with Crippen LogP contribution in [0.15, 0.2) is 60.7 Å². The van der Waals surface area contributed by atoms with Gasteiger partial charge in [-0.15, -0.1) is 0 Å². The topological polar surface area (TPSA) is 48.1 Å². The first kappa shape index (κ1) is 14.5. The Morgan fingerprint density at radius 2 is 1.62 bits per heavy atom. The van der Waals surface area contributed by atoms with Crippen molar-refractivity contribution in [3.8, 4) is 5.69 Å². The van der Waals surface area contributed by atoms with Crippen LogP contribution in [-0.2, 0) is 0 Å². The Labute approximate surface area is 139 Å². The number of non-ortho nitro benzene ring substituents is 1. The lowest BCUT2D eigenvalue weighted by atomic mass is 10.1. The van der Waals surface area contributed by atoms with Gasteiger partial charge in [-0.3, -0.25) is 10.1 Å². The summed E-state index contributed by atoms with van der Waals surface area (Å²) in [6, 6.07) is 19.5. The monoisotopic (exact) mass is 316 g/mol. The van der Waals surface area contributed by atoms with Crippen molar-refractivity contribution in [2.75, 3.05) is 0 Å². The molecular weight excluding hydrogens is 300 g/mol. The fourth-order valence-electron chi connectivity index (χ4n) is 3.39. The number of benzene rings is 3. The molecule has 4 heteroatoms. The molecule has 0 amide bonds. The molecule has 118 valence electrons. The molecule has 0 N–H and O–H groups in total. The number of para-hydroxylation sites is 1. The highest BCUT2D eigenvalue weighted by atomic mass is 16.6. The van der Waals surface area contributed by atoms with Gasteiger partial charge in [-0.1, -0.05) is 35.9 Å². The van der Waals surface area contributed by atoms with E-state index in [4.69, 9.17) is 0 Å². The summed E-state index contributed by atoms with van der Waals surface area (Å²) in [5, 5.41) is 13.1. The molecule has 0 saturated heterocycles. The van der Waals surface area contributed by atoms with Gasteiger partial charge in [0.25, 0.3) is 5.69 Å². The Bertz CT molecular complexity index is 1110. The zero-order chi connectivity index (χ0) is 16.8. The SMILES string of the molecule is Cc1ccc(-n2c3ccccc3c3cc([N+](=O)[O-])ccc32)c(C)c1. The lowest BCUT2D eigenvalue weighted by Gasteiger charge is -2.11. The highest BCUT2D eigenvalue weighted by Crippen LogP contribution is 2.34. The first-order valence-corrected chi connectivity index (χ1v) is 7.81. The minimum atomic E-state index is -0.345. The normalized spacial score (nSPS) is 11.2. The second kappa shape index (κ2) is 5.20. The number of aryl methyl sites for hydroxylation is 2. The number of nitro benzene ring substituents is 1. The molecule has 3 aromatic carbocycles. The van der Waals surface area contributed by atoms with Crippen LogP contribution in [0.25, 0.3) is 27.5 Å². The zero-order valence-electron chi connectivity index (χ0n) is 13.5. The van der Waals surface area contributed by atoms with E-state index in [-0.39, 0.29) is 10.6 Å². The van der Waals surface area contributed by atoms with Gasteiger partial charge in [-0.05, 0) is 37.6 Å². The maximum absolute atomic E-state index is 11.1. The Morgan fingerprint density at radius 3 is 2.38 bits per heavy atom. The van der Waals surface area contributed by atoms with Gasteiger partial charge in [0.05, 0.1) is 16.0 Å². The average molecular weight is 316 g/mol. The maximum atomic E-state index is 11.1. The third-order valence-electron chi connectivity index (χ3n) is 4.46. The Morgan fingerprint density at radius 1 is 0.875 bits per heavy atom. The first-order valence-electron chi connectivity index (χ1n) is 7.81. The van der Waals surface area contributed by atoms with Gasteiger partial charge >= 0.3 is 0 Å². The maximum Gasteiger partial charge on any atom is 0.270 e. The van der Waals surface area contributed by atoms with Crippen LogP contribution in [0.3, 0.4) is 0 Å². The molecule has 1 aromatic heterocycles. The van der Waals surface area contributed by atoms with Crippen molar-refractivity contribution < 1.29 is 4.92 Å². The second-order valence-electron chi connectivity index (χ2n) is 6.10. The predicted molar refractivity (Wildman–Crippen MR) is 96.9 cm³/mol. The van der Waals surface area contributed by atoms with Crippen molar-refractivity contribution >= 4 is 27.5 Å². The van der Waals surface area contributed by atoms with Gasteiger partial charge in [0.15, 0.2) is 0 Å². The average Bonchev–Trinajstić information content (AvgIpc) is 2.89. The molecule has 0 aliphatic carbocycles. The zero-order valence-corrected chi connectivity index (χ0v) is 13.5. The van der Waals surface area contributed by atoms with E-state index in [9.17, 15) is 10.1 Å². The van der Waals surface area contributed by atoms with Gasteiger partial charge in [0.1, 0.15) is 0 Å². The number of hydrogen-bond donors (Lipinski definition) is 0. The molecule has 4 rings (SSSR count). The summed E-state index contributed by atoms with van der Waals surface area (Å²) in [6.07, 6.45) is 0. The van der Waals surface area contributed by atoms with E-state index in [0.717, 1.165) is 27.5 Å². The van der Waals surface area contributed by atoms with Crippen LogP contribution in [0.4, 0.5) is 5.69 Å². The van der Waals surface area contributed by atoms with Gasteiger partial charge in [-0.25, -0.2) is 0 Å². The van der Waals surface area contributed by atoms with Crippen LogP contribution in [0.2, 0.25) is 0 Å². The van der Waals surface area contributed by atoms with Gasteiger partial charge in [0, 0.05) is 28.6 Å². The molecule has 0 bridgehead atoms. The Hall–Kier alpha value is -3.14. The third kappa shape index (κ3) is 2.07. The number of rotatable bonds is 2. The van der Waals surface area contributed by atoms with Gasteiger partial charge in [-0.2, -0.15) is 0 Å². The third-order valence-corrected chi connectivity index (χ3v) is 4.46. The predicted octanol–water partition coefficient (Wildman–Crippen LogP) is 5.31. The highest BCUT2D eigenvalue weighted by molar-refractivity contribution is 6.10. The molecule has 0 atom stereocenters. The summed E-state index contributed by atoms with van der Waals surface area (Å²) in [7, 11) is 0. The number of nitrogens with zero attached hydrogens (tertiary/aromatic N) is 2. The van der Waals surface area contributed by atoms with Gasteiger partial charge in [0.2, 0.25) is 0 Å². The molecular formula is C20H16N2O2. The van der Waals surface area contributed by atoms with E-state index in [1.165, 1.54) is 11.1 Å². The van der Waals surface area contributed by atoms with Crippen LogP contribution >= 0.6 is 0 Å². The summed E-state index contributed by atoms with van der Waals surface area (Å²) in [5.41, 5.74) is 5.64. The van der Waals surface area contributed by atoms with E-state index < -0.39 is 0 Å². The number of aromatic nitrogens is 1. The standard InChI is InChI=1S/C20H16N2O2/c1-13-7-9-18(14(2)11-13)21-19-6-4-3-5-16(19)17-12-15(22(23)24)8-10-20(17)21/h3-12H,1-2H3. The number of fused-ring (bicyclic) bond motifs is 3. The summed E-state index contributed by atoms with van der Waals surface area (Å²) in [4.78, 5) is 10.8. The highest BCUT2D eigenvalue weighted by Gasteiger charge is 2.16. The van der Waals surface area contributed by atoms with Crippen molar-refractivity contribution in [3.05, 3.63) is 81.9 Å². The van der Waals surface area contributed by atoms with Crippen LogP contribution in [0.5, 0.6) is 0 Å². The van der Waals surface area contributed by atoms with E-state index in [2.05, 4.69) is 42.7 Å². The fourth-order valence-corrected chi connectivity index (χ4v) is 3.39. The largest absolute Gasteiger partial charge is 0.309 e. The van der Waals surface area contributed by atoms with Crippen LogP contribution in [0.1, 0.15) is 11.1 Å². The fraction of sp³-hybridized carbons (Fsp3) is 0.100. The molecule has 0 aliphatic heterocycles. The molecule has 24 heavy (non-hydrogen) atoms. The Balaban J connectivity index is 2.15. The van der Waals surface area contributed by atoms with Gasteiger partial charge < -0.3 is 4.57 Å². The summed E-state index contributed by atoms with van der Waals surface area (Å²) in [5.74, 6) is 0. The smallest absolute Gasteiger partial charge is 0.270 e. The van der Waals surface area contributed by atoms with Crippen molar-refractivity contribution in [2.24, 2.45) is 0 Å². The first-order chi connectivity index (χ1) is 11.6. The van der Waals surface area contributed by atoms with Crippen LogP contribution < -0.4 is 0 Å². The molecule has 0 radical (unpaired) electrons. The minimum absolute atomic E-state index is 0.117. The summed E-state index contributed by atoms with van der Waals surface area (Å²) in [6.45, 7) is 4.17. The molecule has 0 unspecified atom stereocenters. The van der Waals surface area contributed by atoms with Crippen molar-refractivity contribution in [1.29, 1.82) is 0 Å². The van der Waals surface area contributed by atoms with Crippen molar-refractivity contribution in [3.63, 3.8) is 0 Å². The Kier molecular flexibility index (Phi) is 3.13. The molecule has 0 saturated carbocycles. The molecule has 0 spiro atoms. The number of hydrogen-bond acceptors (Lipinski definition) is 2. The lowest BCUT2D eigenvalue weighted by molar-refractivity contribution is -0.384. The quantitative estimate of drug-likeness (QED) is 0.372. The van der Waals surface area contributed by atoms with E-state index >= 15 is 0 Å². The van der Waals surface area contributed by atoms with Crippen molar-refractivity contribution in [1.82, 2.24) is 4.57 Å². The van der Waals surface area contributed by atoms with E-state index in [1.807, 2.05) is 24.3 Å². The molecule has 4 aromatic rings. The minimum Gasteiger partial charge on any atom is -0.309 e. The van der Waals surface area contributed by atoms with Crippen LogP contribution in [0, 0.1) is 24.0 Å². The summed E-state index contributed by atoms with van der Waals surface area (Å²) >= 11 is 0. The second-order valence-corrected chi connectivity index (χ2v) is 6.10. The molecule has 0 fully saturated rings. The van der Waals surface area contributed by atoms with Crippen LogP contribution in [-0.4, -0.2) is 9.49 Å². The molecule has 0 aliphatic rings. The van der Waals surface area contributed by atoms with E-state index in [0.29, 0.717) is 0 Å². The summed E-state index contributed by atoms with van der Waals surface area (Å²) < 4.78 is 2.18.